The molecule has 2 atom stereocenters. The van der Waals surface area contributed by atoms with Crippen molar-refractivity contribution in [1.82, 2.24) is 4.90 Å². The van der Waals surface area contributed by atoms with Crippen LogP contribution in [0.4, 0.5) is 10.5 Å². The molecule has 1 aliphatic heterocycles. The third kappa shape index (κ3) is 3.00. The zero-order valence-electron chi connectivity index (χ0n) is 10.5. The first-order valence-corrected chi connectivity index (χ1v) is 6.16. The van der Waals surface area contributed by atoms with Gasteiger partial charge in [-0.3, -0.25) is 0 Å². The number of carbonyl (C=O) groups is 1. The molecule has 1 heterocycles. The minimum Gasteiger partial charge on any atom is -0.391 e. The largest absolute Gasteiger partial charge is 0.391 e. The summed E-state index contributed by atoms with van der Waals surface area (Å²) in [6.45, 7) is 2.92. The second kappa shape index (κ2) is 5.37. The summed E-state index contributed by atoms with van der Waals surface area (Å²) in [6.07, 6.45) is 0.257. The van der Waals surface area contributed by atoms with Crippen LogP contribution in [0.2, 0.25) is 0 Å². The number of anilines is 1. The predicted molar refractivity (Wildman–Crippen MR) is 70.3 cm³/mol. The minimum absolute atomic E-state index is 0.0107. The van der Waals surface area contributed by atoms with Crippen LogP contribution in [0.15, 0.2) is 24.3 Å². The van der Waals surface area contributed by atoms with Crippen LogP contribution in [0.1, 0.15) is 24.9 Å². The summed E-state index contributed by atoms with van der Waals surface area (Å²) in [5.41, 5.74) is 7.53. The third-order valence-corrected chi connectivity index (χ3v) is 3.14. The van der Waals surface area contributed by atoms with Gasteiger partial charge in [-0.1, -0.05) is 12.1 Å². The Hall–Kier alpha value is -1.59. The van der Waals surface area contributed by atoms with E-state index in [2.05, 4.69) is 5.32 Å². The molecular weight excluding hydrogens is 230 g/mol. The fraction of sp³-hybridized carbons (Fsp3) is 0.462. The molecule has 0 saturated carbocycles. The highest BCUT2D eigenvalue weighted by atomic mass is 16.3. The standard InChI is InChI=1S/C13H19N3O2/c1-9(14)10-2-4-11(5-3-10)15-13(18)16-7-6-12(17)8-16/h2-5,9,12,17H,6-8,14H2,1H3,(H,15,18). The molecule has 1 aliphatic rings. The Balaban J connectivity index is 1.95. The van der Waals surface area contributed by atoms with Gasteiger partial charge in [-0.2, -0.15) is 0 Å². The van der Waals surface area contributed by atoms with Gasteiger partial charge in [0.2, 0.25) is 0 Å². The Bertz CT molecular complexity index is 417. The number of nitrogens with one attached hydrogen (secondary N) is 1. The molecule has 18 heavy (non-hydrogen) atoms. The topological polar surface area (TPSA) is 78.6 Å². The zero-order valence-corrected chi connectivity index (χ0v) is 10.5. The molecule has 4 N–H and O–H groups in total. The molecule has 1 fully saturated rings. The lowest BCUT2D eigenvalue weighted by Gasteiger charge is -2.16. The fourth-order valence-electron chi connectivity index (χ4n) is 2.00. The maximum absolute atomic E-state index is 11.9. The lowest BCUT2D eigenvalue weighted by molar-refractivity contribution is 0.176. The number of nitrogens with zero attached hydrogens (tertiary/aromatic N) is 1. The van der Waals surface area contributed by atoms with E-state index in [1.54, 1.807) is 4.90 Å². The number of amides is 2. The number of rotatable bonds is 2. The van der Waals surface area contributed by atoms with Crippen molar-refractivity contribution in [3.8, 4) is 0 Å². The number of benzene rings is 1. The average molecular weight is 249 g/mol. The van der Waals surface area contributed by atoms with E-state index in [1.165, 1.54) is 0 Å². The van der Waals surface area contributed by atoms with E-state index >= 15 is 0 Å². The summed E-state index contributed by atoms with van der Waals surface area (Å²) >= 11 is 0. The van der Waals surface area contributed by atoms with Gasteiger partial charge in [0.1, 0.15) is 0 Å². The van der Waals surface area contributed by atoms with Gasteiger partial charge in [0.25, 0.3) is 0 Å². The number of aliphatic hydroxyl groups is 1. The van der Waals surface area contributed by atoms with Crippen LogP contribution in [0, 0.1) is 0 Å². The molecule has 98 valence electrons. The van der Waals surface area contributed by atoms with Crippen molar-refractivity contribution in [2.24, 2.45) is 5.73 Å². The first-order valence-electron chi connectivity index (χ1n) is 6.16. The van der Waals surface area contributed by atoms with Crippen LogP contribution in [-0.4, -0.2) is 35.2 Å². The monoisotopic (exact) mass is 249 g/mol. The second-order valence-corrected chi connectivity index (χ2v) is 4.73. The number of aliphatic hydroxyl groups excluding tert-OH is 1. The molecule has 0 spiro atoms. The molecule has 0 radical (unpaired) electrons. The maximum atomic E-state index is 11.9. The van der Waals surface area contributed by atoms with E-state index < -0.39 is 6.10 Å². The van der Waals surface area contributed by atoms with Crippen molar-refractivity contribution in [3.05, 3.63) is 29.8 Å². The highest BCUT2D eigenvalue weighted by molar-refractivity contribution is 5.89. The number of nitrogens with two attached hydrogens (primary N) is 1. The van der Waals surface area contributed by atoms with Crippen LogP contribution < -0.4 is 11.1 Å². The Morgan fingerprint density at radius 3 is 2.67 bits per heavy atom. The van der Waals surface area contributed by atoms with Crippen molar-refractivity contribution in [2.45, 2.75) is 25.5 Å². The summed E-state index contributed by atoms with van der Waals surface area (Å²) in [5, 5.41) is 12.2. The van der Waals surface area contributed by atoms with Gasteiger partial charge >= 0.3 is 6.03 Å². The zero-order chi connectivity index (χ0) is 13.1. The fourth-order valence-corrected chi connectivity index (χ4v) is 2.00. The summed E-state index contributed by atoms with van der Waals surface area (Å²) in [6, 6.07) is 7.30. The predicted octanol–water partition coefficient (Wildman–Crippen LogP) is 1.30. The Morgan fingerprint density at radius 1 is 1.50 bits per heavy atom. The Kier molecular flexibility index (Phi) is 3.84. The summed E-state index contributed by atoms with van der Waals surface area (Å²) in [5.74, 6) is 0. The molecule has 0 aliphatic carbocycles. The van der Waals surface area contributed by atoms with Crippen LogP contribution in [0.5, 0.6) is 0 Å². The van der Waals surface area contributed by atoms with Crippen LogP contribution in [-0.2, 0) is 0 Å². The van der Waals surface area contributed by atoms with E-state index in [1.807, 2.05) is 31.2 Å². The van der Waals surface area contributed by atoms with Gasteiger partial charge in [-0.15, -0.1) is 0 Å². The molecular formula is C13H19N3O2. The average Bonchev–Trinajstić information content (AvgIpc) is 2.76. The number of carbonyl (C=O) groups excluding carboxylic acids is 1. The summed E-state index contributed by atoms with van der Waals surface area (Å²) in [7, 11) is 0. The smallest absolute Gasteiger partial charge is 0.321 e. The van der Waals surface area contributed by atoms with Gasteiger partial charge in [-0.05, 0) is 31.0 Å². The highest BCUT2D eigenvalue weighted by Crippen LogP contribution is 2.16. The third-order valence-electron chi connectivity index (χ3n) is 3.14. The lowest BCUT2D eigenvalue weighted by Crippen LogP contribution is -2.33. The van der Waals surface area contributed by atoms with Crippen LogP contribution >= 0.6 is 0 Å². The molecule has 1 saturated heterocycles. The first kappa shape index (κ1) is 12.9. The van der Waals surface area contributed by atoms with Gasteiger partial charge in [0.05, 0.1) is 6.10 Å². The molecule has 5 heteroatoms. The van der Waals surface area contributed by atoms with Crippen LogP contribution in [0.3, 0.4) is 0 Å². The quantitative estimate of drug-likeness (QED) is 0.739. The van der Waals surface area contributed by atoms with Crippen molar-refractivity contribution < 1.29 is 9.90 Å². The molecule has 0 bridgehead atoms. The van der Waals surface area contributed by atoms with Crippen molar-refractivity contribution in [3.63, 3.8) is 0 Å². The number of urea groups is 1. The number of β-amino-alcohol motifs (C(OH)–C–C–N with tert-alkyl or cyclic N) is 1. The highest BCUT2D eigenvalue weighted by Gasteiger charge is 2.24. The SMILES string of the molecule is CC(N)c1ccc(NC(=O)N2CCC(O)C2)cc1. The van der Waals surface area contributed by atoms with Gasteiger partial charge < -0.3 is 21.1 Å². The normalized spacial score (nSPS) is 20.8. The first-order chi connectivity index (χ1) is 8.56. The Labute approximate surface area is 107 Å². The molecule has 2 unspecified atom stereocenters. The summed E-state index contributed by atoms with van der Waals surface area (Å²) < 4.78 is 0. The number of hydrogen-bond acceptors (Lipinski definition) is 3. The van der Waals surface area contributed by atoms with Gasteiger partial charge in [0.15, 0.2) is 0 Å². The Morgan fingerprint density at radius 2 is 2.17 bits per heavy atom. The number of likely N-dealkylation sites (tertiary alicyclic amines) is 1. The van der Waals surface area contributed by atoms with Crippen LogP contribution in [0.25, 0.3) is 0 Å². The van der Waals surface area contributed by atoms with E-state index in [-0.39, 0.29) is 12.1 Å². The van der Waals surface area contributed by atoms with E-state index in [9.17, 15) is 9.90 Å². The molecule has 2 rings (SSSR count). The molecule has 1 aromatic carbocycles. The van der Waals surface area contributed by atoms with Crippen molar-refractivity contribution in [1.29, 1.82) is 0 Å². The summed E-state index contributed by atoms with van der Waals surface area (Å²) in [4.78, 5) is 13.5. The van der Waals surface area contributed by atoms with Gasteiger partial charge in [-0.25, -0.2) is 4.79 Å². The molecule has 2 amide bonds. The minimum atomic E-state index is -0.392. The lowest BCUT2D eigenvalue weighted by atomic mass is 10.1. The van der Waals surface area contributed by atoms with Crippen molar-refractivity contribution in [2.75, 3.05) is 18.4 Å². The van der Waals surface area contributed by atoms with E-state index in [4.69, 9.17) is 5.73 Å². The molecule has 5 nitrogen and oxygen atoms in total. The van der Waals surface area contributed by atoms with Crippen molar-refractivity contribution >= 4 is 11.7 Å². The van der Waals surface area contributed by atoms with E-state index in [0.29, 0.717) is 19.5 Å². The molecule has 1 aromatic rings. The molecule has 0 aromatic heterocycles. The second-order valence-electron chi connectivity index (χ2n) is 4.73. The van der Waals surface area contributed by atoms with E-state index in [0.717, 1.165) is 11.3 Å². The maximum Gasteiger partial charge on any atom is 0.321 e. The van der Waals surface area contributed by atoms with Gasteiger partial charge in [0, 0.05) is 24.8 Å². The number of hydrogen-bond donors (Lipinski definition) is 3.